The van der Waals surface area contributed by atoms with Gasteiger partial charge in [-0.3, -0.25) is 4.79 Å². The van der Waals surface area contributed by atoms with Crippen LogP contribution in [-0.2, 0) is 9.53 Å². The Morgan fingerprint density at radius 1 is 1.22 bits per heavy atom. The molecule has 0 spiro atoms. The van der Waals surface area contributed by atoms with Crippen molar-refractivity contribution in [3.8, 4) is 0 Å². The van der Waals surface area contributed by atoms with Crippen LogP contribution < -0.4 is 0 Å². The van der Waals surface area contributed by atoms with Crippen molar-refractivity contribution in [2.24, 2.45) is 0 Å². The Hall–Kier alpha value is -1.31. The van der Waals surface area contributed by atoms with E-state index in [-0.39, 0.29) is 5.97 Å². The molecule has 0 amide bonds. The zero-order chi connectivity index (χ0) is 13.2. The maximum atomic E-state index is 11.4. The van der Waals surface area contributed by atoms with Gasteiger partial charge in [0.25, 0.3) is 0 Å². The van der Waals surface area contributed by atoms with Crippen LogP contribution in [0.3, 0.4) is 0 Å². The Balaban J connectivity index is 2.16. The Labute approximate surface area is 110 Å². The summed E-state index contributed by atoms with van der Waals surface area (Å²) in [5, 5.41) is 0. The summed E-state index contributed by atoms with van der Waals surface area (Å²) in [4.78, 5) is 11.4. The van der Waals surface area contributed by atoms with E-state index in [1.165, 1.54) is 5.56 Å². The van der Waals surface area contributed by atoms with Gasteiger partial charge in [0.05, 0.1) is 6.61 Å². The van der Waals surface area contributed by atoms with Gasteiger partial charge in [-0.2, -0.15) is 0 Å². The monoisotopic (exact) mass is 248 g/mol. The second-order valence-electron chi connectivity index (χ2n) is 4.78. The Kier molecular flexibility index (Phi) is 7.16. The smallest absolute Gasteiger partial charge is 0.305 e. The summed E-state index contributed by atoms with van der Waals surface area (Å²) < 4.78 is 5.24. The molecular formula is C16H24O2. The molecule has 1 rings (SSSR count). The molecule has 100 valence electrons. The molecule has 0 saturated heterocycles. The summed E-state index contributed by atoms with van der Waals surface area (Å²) in [7, 11) is 0. The minimum absolute atomic E-state index is 0.0521. The number of esters is 1. The van der Waals surface area contributed by atoms with Gasteiger partial charge < -0.3 is 4.74 Å². The fraction of sp³-hybridized carbons (Fsp3) is 0.562. The van der Waals surface area contributed by atoms with Gasteiger partial charge in [0.2, 0.25) is 0 Å². The number of hydrogen-bond acceptors (Lipinski definition) is 2. The molecular weight excluding hydrogens is 224 g/mol. The number of benzene rings is 1. The van der Waals surface area contributed by atoms with Crippen molar-refractivity contribution < 1.29 is 9.53 Å². The van der Waals surface area contributed by atoms with Gasteiger partial charge in [0, 0.05) is 6.42 Å². The zero-order valence-corrected chi connectivity index (χ0v) is 11.5. The summed E-state index contributed by atoms with van der Waals surface area (Å²) in [6.07, 6.45) is 4.65. The molecule has 0 fully saturated rings. The molecule has 1 unspecified atom stereocenters. The van der Waals surface area contributed by atoms with Crippen molar-refractivity contribution in [3.63, 3.8) is 0 Å². The number of carbonyl (C=O) groups excluding carboxylic acids is 1. The lowest BCUT2D eigenvalue weighted by Crippen LogP contribution is -2.08. The molecule has 0 N–H and O–H groups in total. The highest BCUT2D eigenvalue weighted by Crippen LogP contribution is 2.18. The zero-order valence-electron chi connectivity index (χ0n) is 11.5. The lowest BCUT2D eigenvalue weighted by Gasteiger charge is -2.11. The van der Waals surface area contributed by atoms with Crippen LogP contribution in [0.2, 0.25) is 0 Å². The van der Waals surface area contributed by atoms with E-state index in [4.69, 9.17) is 4.74 Å². The predicted molar refractivity (Wildman–Crippen MR) is 74.6 cm³/mol. The minimum Gasteiger partial charge on any atom is -0.466 e. The summed E-state index contributed by atoms with van der Waals surface area (Å²) >= 11 is 0. The highest BCUT2D eigenvalue weighted by Gasteiger charge is 2.07. The molecule has 0 bridgehead atoms. The van der Waals surface area contributed by atoms with Gasteiger partial charge in [-0.15, -0.1) is 0 Å². The van der Waals surface area contributed by atoms with Crippen LogP contribution in [0.1, 0.15) is 57.4 Å². The number of hydrogen-bond donors (Lipinski definition) is 0. The number of ether oxygens (including phenoxy) is 1. The average Bonchev–Trinajstić information content (AvgIpc) is 2.40. The van der Waals surface area contributed by atoms with Gasteiger partial charge in [0.15, 0.2) is 0 Å². The van der Waals surface area contributed by atoms with Gasteiger partial charge >= 0.3 is 5.97 Å². The average molecular weight is 248 g/mol. The van der Waals surface area contributed by atoms with Crippen molar-refractivity contribution in [1.82, 2.24) is 0 Å². The van der Waals surface area contributed by atoms with E-state index in [2.05, 4.69) is 26.0 Å². The van der Waals surface area contributed by atoms with Crippen molar-refractivity contribution in [1.29, 1.82) is 0 Å². The lowest BCUT2D eigenvalue weighted by molar-refractivity contribution is -0.143. The van der Waals surface area contributed by atoms with Crippen LogP contribution in [-0.4, -0.2) is 12.6 Å². The highest BCUT2D eigenvalue weighted by atomic mass is 16.5. The topological polar surface area (TPSA) is 26.3 Å². The molecule has 1 atom stereocenters. The van der Waals surface area contributed by atoms with Crippen LogP contribution in [0.5, 0.6) is 0 Å². The normalized spacial score (nSPS) is 12.1. The standard InChI is InChI=1S/C16H24O2/c1-3-4-6-11-16(17)18-13-12-14(2)15-9-7-5-8-10-15/h5,7-10,14H,3-4,6,11-13H2,1-2H3. The molecule has 2 nitrogen and oxygen atoms in total. The summed E-state index contributed by atoms with van der Waals surface area (Å²) in [6, 6.07) is 10.3. The maximum Gasteiger partial charge on any atom is 0.305 e. The first kappa shape index (κ1) is 14.7. The van der Waals surface area contributed by atoms with E-state index < -0.39 is 0 Å². The van der Waals surface area contributed by atoms with Crippen LogP contribution in [0, 0.1) is 0 Å². The largest absolute Gasteiger partial charge is 0.466 e. The van der Waals surface area contributed by atoms with Crippen LogP contribution in [0.15, 0.2) is 30.3 Å². The lowest BCUT2D eigenvalue weighted by atomic mass is 9.98. The first-order chi connectivity index (χ1) is 8.74. The molecule has 0 aliphatic rings. The van der Waals surface area contributed by atoms with Crippen molar-refractivity contribution >= 4 is 5.97 Å². The third-order valence-corrected chi connectivity index (χ3v) is 3.17. The van der Waals surface area contributed by atoms with Gasteiger partial charge in [-0.05, 0) is 24.3 Å². The highest BCUT2D eigenvalue weighted by molar-refractivity contribution is 5.69. The molecule has 0 aliphatic heterocycles. The van der Waals surface area contributed by atoms with Crippen LogP contribution in [0.25, 0.3) is 0 Å². The van der Waals surface area contributed by atoms with Crippen LogP contribution >= 0.6 is 0 Å². The Bertz CT molecular complexity index is 332. The van der Waals surface area contributed by atoms with Crippen molar-refractivity contribution in [3.05, 3.63) is 35.9 Å². The quantitative estimate of drug-likeness (QED) is 0.506. The Morgan fingerprint density at radius 2 is 1.94 bits per heavy atom. The number of carbonyl (C=O) groups is 1. The van der Waals surface area contributed by atoms with Crippen LogP contribution in [0.4, 0.5) is 0 Å². The fourth-order valence-corrected chi connectivity index (χ4v) is 1.89. The Morgan fingerprint density at radius 3 is 2.61 bits per heavy atom. The first-order valence-corrected chi connectivity index (χ1v) is 6.94. The van der Waals surface area contributed by atoms with Gasteiger partial charge in [-0.1, -0.05) is 57.0 Å². The summed E-state index contributed by atoms with van der Waals surface area (Å²) in [6.45, 7) is 4.83. The molecule has 0 aliphatic carbocycles. The SMILES string of the molecule is CCCCCC(=O)OCCC(C)c1ccccc1. The fourth-order valence-electron chi connectivity index (χ4n) is 1.89. The third-order valence-electron chi connectivity index (χ3n) is 3.17. The first-order valence-electron chi connectivity index (χ1n) is 6.94. The molecule has 1 aromatic carbocycles. The predicted octanol–water partition coefficient (Wildman–Crippen LogP) is 4.30. The maximum absolute atomic E-state index is 11.4. The van der Waals surface area contributed by atoms with E-state index in [9.17, 15) is 4.79 Å². The van der Waals surface area contributed by atoms with Gasteiger partial charge in [-0.25, -0.2) is 0 Å². The summed E-state index contributed by atoms with van der Waals surface area (Å²) in [5.41, 5.74) is 1.31. The third kappa shape index (κ3) is 5.85. The molecule has 1 aromatic rings. The van der Waals surface area contributed by atoms with Crippen molar-refractivity contribution in [2.75, 3.05) is 6.61 Å². The molecule has 0 aromatic heterocycles. The number of unbranched alkanes of at least 4 members (excludes halogenated alkanes) is 2. The van der Waals surface area contributed by atoms with Crippen molar-refractivity contribution in [2.45, 2.75) is 51.9 Å². The molecule has 18 heavy (non-hydrogen) atoms. The second-order valence-corrected chi connectivity index (χ2v) is 4.78. The molecule has 0 radical (unpaired) electrons. The molecule has 0 saturated carbocycles. The molecule has 2 heteroatoms. The van der Waals surface area contributed by atoms with E-state index in [0.29, 0.717) is 18.9 Å². The molecule has 0 heterocycles. The summed E-state index contributed by atoms with van der Waals surface area (Å²) in [5.74, 6) is 0.387. The van der Waals surface area contributed by atoms with Gasteiger partial charge in [0.1, 0.15) is 0 Å². The van der Waals surface area contributed by atoms with E-state index in [1.807, 2.05) is 18.2 Å². The second kappa shape index (κ2) is 8.73. The van der Waals surface area contributed by atoms with E-state index in [1.54, 1.807) is 0 Å². The van der Waals surface area contributed by atoms with E-state index in [0.717, 1.165) is 25.7 Å². The number of rotatable bonds is 8. The van der Waals surface area contributed by atoms with E-state index >= 15 is 0 Å². The minimum atomic E-state index is -0.0521.